The van der Waals surface area contributed by atoms with Crippen molar-refractivity contribution < 1.29 is 9.53 Å². The van der Waals surface area contributed by atoms with Crippen LogP contribution < -0.4 is 4.90 Å². The number of morpholine rings is 1. The zero-order valence-electron chi connectivity index (χ0n) is 10.0. The zero-order chi connectivity index (χ0) is 12.4. The second-order valence-electron chi connectivity index (χ2n) is 4.29. The molecule has 1 aliphatic rings. The van der Waals surface area contributed by atoms with Gasteiger partial charge in [-0.2, -0.15) is 0 Å². The summed E-state index contributed by atoms with van der Waals surface area (Å²) in [5.41, 5.74) is 2.55. The number of aromatic nitrogens is 1. The summed E-state index contributed by atoms with van der Waals surface area (Å²) >= 11 is 0. The Balaban J connectivity index is 2.14. The van der Waals surface area contributed by atoms with Crippen molar-refractivity contribution in [1.29, 1.82) is 0 Å². The van der Waals surface area contributed by atoms with Gasteiger partial charge in [0.25, 0.3) is 0 Å². The molecule has 0 aliphatic carbocycles. The van der Waals surface area contributed by atoms with Gasteiger partial charge in [0.2, 0.25) is 0 Å². The topological polar surface area (TPSA) is 42.4 Å². The van der Waals surface area contributed by atoms with E-state index in [2.05, 4.69) is 9.88 Å². The lowest BCUT2D eigenvalue weighted by molar-refractivity contribution is 0.112. The summed E-state index contributed by atoms with van der Waals surface area (Å²) in [5, 5.41) is 1.03. The molecule has 92 valence electrons. The number of hydrogen-bond donors (Lipinski definition) is 0. The minimum atomic E-state index is 0.641. The molecular weight excluding hydrogens is 228 g/mol. The number of para-hydroxylation sites is 1. The third-order valence-corrected chi connectivity index (χ3v) is 3.26. The fourth-order valence-electron chi connectivity index (χ4n) is 2.36. The second-order valence-corrected chi connectivity index (χ2v) is 4.29. The van der Waals surface area contributed by atoms with Crippen molar-refractivity contribution >= 4 is 22.9 Å². The Bertz CT molecular complexity index is 577. The number of fused-ring (bicyclic) bond motifs is 1. The van der Waals surface area contributed by atoms with Crippen LogP contribution in [0.1, 0.15) is 10.4 Å². The fraction of sp³-hybridized carbons (Fsp3) is 0.286. The van der Waals surface area contributed by atoms with E-state index in [-0.39, 0.29) is 0 Å². The van der Waals surface area contributed by atoms with Crippen LogP contribution in [0.5, 0.6) is 0 Å². The minimum Gasteiger partial charge on any atom is -0.378 e. The Morgan fingerprint density at radius 1 is 1.22 bits per heavy atom. The third kappa shape index (κ3) is 1.84. The quantitative estimate of drug-likeness (QED) is 0.754. The predicted octanol–water partition coefficient (Wildman–Crippen LogP) is 1.88. The van der Waals surface area contributed by atoms with E-state index in [4.69, 9.17) is 4.74 Å². The van der Waals surface area contributed by atoms with Gasteiger partial charge in [-0.05, 0) is 12.1 Å². The average Bonchev–Trinajstić information content (AvgIpc) is 2.47. The van der Waals surface area contributed by atoms with Gasteiger partial charge in [0, 0.05) is 35.9 Å². The summed E-state index contributed by atoms with van der Waals surface area (Å²) in [4.78, 5) is 17.6. The molecule has 0 spiro atoms. The molecule has 0 saturated carbocycles. The predicted molar refractivity (Wildman–Crippen MR) is 70.2 cm³/mol. The third-order valence-electron chi connectivity index (χ3n) is 3.26. The van der Waals surface area contributed by atoms with Gasteiger partial charge in [-0.1, -0.05) is 12.1 Å². The van der Waals surface area contributed by atoms with Crippen molar-refractivity contribution in [2.75, 3.05) is 31.2 Å². The molecule has 18 heavy (non-hydrogen) atoms. The van der Waals surface area contributed by atoms with Crippen LogP contribution in [-0.4, -0.2) is 37.6 Å². The molecule has 1 aliphatic heterocycles. The van der Waals surface area contributed by atoms with Gasteiger partial charge in [0.15, 0.2) is 6.29 Å². The molecule has 0 atom stereocenters. The second kappa shape index (κ2) is 4.74. The Morgan fingerprint density at radius 3 is 2.83 bits per heavy atom. The summed E-state index contributed by atoms with van der Waals surface area (Å²) in [6.07, 6.45) is 2.62. The Kier molecular flexibility index (Phi) is 2.94. The molecule has 1 fully saturated rings. The minimum absolute atomic E-state index is 0.641. The molecule has 3 rings (SSSR count). The summed E-state index contributed by atoms with van der Waals surface area (Å²) in [6, 6.07) is 7.71. The van der Waals surface area contributed by atoms with Crippen LogP contribution >= 0.6 is 0 Å². The van der Waals surface area contributed by atoms with Crippen molar-refractivity contribution in [1.82, 2.24) is 4.98 Å². The van der Waals surface area contributed by atoms with E-state index in [1.54, 1.807) is 12.3 Å². The van der Waals surface area contributed by atoms with Crippen LogP contribution in [0.2, 0.25) is 0 Å². The lowest BCUT2D eigenvalue weighted by Gasteiger charge is -2.29. The number of carbonyl (C=O) groups is 1. The molecule has 2 aromatic rings. The zero-order valence-corrected chi connectivity index (χ0v) is 10.0. The Morgan fingerprint density at radius 2 is 2.06 bits per heavy atom. The highest BCUT2D eigenvalue weighted by molar-refractivity contribution is 6.01. The fourth-order valence-corrected chi connectivity index (χ4v) is 2.36. The van der Waals surface area contributed by atoms with Crippen LogP contribution in [0.4, 0.5) is 5.69 Å². The van der Waals surface area contributed by atoms with E-state index in [1.165, 1.54) is 0 Å². The van der Waals surface area contributed by atoms with Crippen LogP contribution in [0.3, 0.4) is 0 Å². The maximum atomic E-state index is 11.0. The van der Waals surface area contributed by atoms with Crippen LogP contribution in [0.25, 0.3) is 10.9 Å². The monoisotopic (exact) mass is 242 g/mol. The van der Waals surface area contributed by atoms with Gasteiger partial charge in [0.05, 0.1) is 18.7 Å². The molecule has 0 N–H and O–H groups in total. The number of pyridine rings is 1. The van der Waals surface area contributed by atoms with E-state index in [9.17, 15) is 4.79 Å². The standard InChI is InChI=1S/C14H14N2O2/c17-10-11-2-1-3-12-13(4-5-15-14(11)12)16-6-8-18-9-7-16/h1-5,10H,6-9H2. The van der Waals surface area contributed by atoms with Gasteiger partial charge < -0.3 is 9.64 Å². The molecule has 4 nitrogen and oxygen atoms in total. The highest BCUT2D eigenvalue weighted by atomic mass is 16.5. The van der Waals surface area contributed by atoms with Gasteiger partial charge in [-0.3, -0.25) is 9.78 Å². The lowest BCUT2D eigenvalue weighted by atomic mass is 10.1. The molecule has 2 heterocycles. The molecule has 4 heteroatoms. The van der Waals surface area contributed by atoms with E-state index in [1.807, 2.05) is 18.2 Å². The molecule has 0 unspecified atom stereocenters. The lowest BCUT2D eigenvalue weighted by Crippen LogP contribution is -2.36. The number of aldehydes is 1. The van der Waals surface area contributed by atoms with E-state index in [0.717, 1.165) is 49.2 Å². The maximum absolute atomic E-state index is 11.0. The number of ether oxygens (including phenoxy) is 1. The molecule has 1 saturated heterocycles. The highest BCUT2D eigenvalue weighted by Gasteiger charge is 2.14. The summed E-state index contributed by atoms with van der Waals surface area (Å²) in [7, 11) is 0. The smallest absolute Gasteiger partial charge is 0.152 e. The average molecular weight is 242 g/mol. The number of nitrogens with zero attached hydrogens (tertiary/aromatic N) is 2. The maximum Gasteiger partial charge on any atom is 0.152 e. The number of benzene rings is 1. The first-order valence-electron chi connectivity index (χ1n) is 6.06. The molecule has 1 aromatic heterocycles. The van der Waals surface area contributed by atoms with Gasteiger partial charge >= 0.3 is 0 Å². The van der Waals surface area contributed by atoms with Crippen molar-refractivity contribution in [3.8, 4) is 0 Å². The Hall–Kier alpha value is -1.94. The first-order valence-corrected chi connectivity index (χ1v) is 6.06. The van der Waals surface area contributed by atoms with Crippen molar-refractivity contribution in [2.45, 2.75) is 0 Å². The largest absolute Gasteiger partial charge is 0.378 e. The van der Waals surface area contributed by atoms with E-state index < -0.39 is 0 Å². The van der Waals surface area contributed by atoms with Gasteiger partial charge in [-0.25, -0.2) is 0 Å². The van der Waals surface area contributed by atoms with Crippen molar-refractivity contribution in [3.05, 3.63) is 36.0 Å². The molecular formula is C14H14N2O2. The number of anilines is 1. The molecule has 0 bridgehead atoms. The van der Waals surface area contributed by atoms with Gasteiger partial charge in [-0.15, -0.1) is 0 Å². The molecule has 1 aromatic carbocycles. The summed E-state index contributed by atoms with van der Waals surface area (Å²) < 4.78 is 5.36. The van der Waals surface area contributed by atoms with Crippen molar-refractivity contribution in [2.24, 2.45) is 0 Å². The van der Waals surface area contributed by atoms with Crippen LogP contribution in [-0.2, 0) is 4.74 Å². The number of hydrogen-bond acceptors (Lipinski definition) is 4. The van der Waals surface area contributed by atoms with E-state index >= 15 is 0 Å². The molecule has 0 amide bonds. The summed E-state index contributed by atoms with van der Waals surface area (Å²) in [6.45, 7) is 3.25. The van der Waals surface area contributed by atoms with E-state index in [0.29, 0.717) is 5.56 Å². The SMILES string of the molecule is O=Cc1cccc2c(N3CCOCC3)ccnc12. The number of carbonyl (C=O) groups excluding carboxylic acids is 1. The molecule has 0 radical (unpaired) electrons. The van der Waals surface area contributed by atoms with Crippen molar-refractivity contribution in [3.63, 3.8) is 0 Å². The number of rotatable bonds is 2. The Labute approximate surface area is 105 Å². The highest BCUT2D eigenvalue weighted by Crippen LogP contribution is 2.27. The van der Waals surface area contributed by atoms with Crippen LogP contribution in [0, 0.1) is 0 Å². The summed E-state index contributed by atoms with van der Waals surface area (Å²) in [5.74, 6) is 0. The normalized spacial score (nSPS) is 15.9. The van der Waals surface area contributed by atoms with Gasteiger partial charge in [0.1, 0.15) is 0 Å². The first kappa shape index (κ1) is 11.2. The van der Waals surface area contributed by atoms with Crippen LogP contribution in [0.15, 0.2) is 30.5 Å². The first-order chi connectivity index (χ1) is 8.90.